The highest BCUT2D eigenvalue weighted by atomic mass is 32.2. The molecule has 0 bridgehead atoms. The average Bonchev–Trinajstić information content (AvgIpc) is 3.02. The van der Waals surface area contributed by atoms with Gasteiger partial charge in [0.25, 0.3) is 10.0 Å². The van der Waals surface area contributed by atoms with Crippen LogP contribution in [0.15, 0.2) is 47.4 Å². The molecule has 0 saturated heterocycles. The van der Waals surface area contributed by atoms with E-state index in [1.165, 1.54) is 5.56 Å². The summed E-state index contributed by atoms with van der Waals surface area (Å²) >= 11 is 1.00. The first-order chi connectivity index (χ1) is 11.0. The van der Waals surface area contributed by atoms with Gasteiger partial charge in [0.1, 0.15) is 15.9 Å². The standard InChI is InChI=1S/C16H17N3O2S2/c1-3-11(2)12-7-9-13(10-8-12)19-23(20,21)15-6-4-5-14-16(15)18-22-17-14/h4-11,19H,3H2,1-2H3. The molecule has 0 aliphatic carbocycles. The summed E-state index contributed by atoms with van der Waals surface area (Å²) < 4.78 is 36.0. The zero-order chi connectivity index (χ0) is 16.4. The number of fused-ring (bicyclic) bond motifs is 1. The molecule has 3 rings (SSSR count). The predicted octanol–water partition coefficient (Wildman–Crippen LogP) is 4.01. The number of benzene rings is 2. The molecular weight excluding hydrogens is 330 g/mol. The van der Waals surface area contributed by atoms with Gasteiger partial charge in [-0.25, -0.2) is 8.42 Å². The minimum absolute atomic E-state index is 0.148. The Kier molecular flexibility index (Phi) is 4.32. The van der Waals surface area contributed by atoms with Gasteiger partial charge in [-0.2, -0.15) is 8.75 Å². The van der Waals surface area contributed by atoms with Crippen LogP contribution in [-0.2, 0) is 10.0 Å². The Morgan fingerprint density at radius 2 is 1.87 bits per heavy atom. The Morgan fingerprint density at radius 3 is 2.57 bits per heavy atom. The van der Waals surface area contributed by atoms with Gasteiger partial charge in [0.05, 0.1) is 11.7 Å². The third-order valence-corrected chi connectivity index (χ3v) is 5.84. The summed E-state index contributed by atoms with van der Waals surface area (Å²) in [4.78, 5) is 0.148. The summed E-state index contributed by atoms with van der Waals surface area (Å²) in [5.41, 5.74) is 2.73. The SMILES string of the molecule is CCC(C)c1ccc(NS(=O)(=O)c2cccc3nsnc23)cc1. The lowest BCUT2D eigenvalue weighted by Crippen LogP contribution is -2.13. The number of nitrogens with zero attached hydrogens (tertiary/aromatic N) is 2. The maximum atomic E-state index is 12.6. The van der Waals surface area contributed by atoms with Gasteiger partial charge >= 0.3 is 0 Å². The van der Waals surface area contributed by atoms with E-state index >= 15 is 0 Å². The molecule has 1 N–H and O–H groups in total. The molecule has 0 saturated carbocycles. The van der Waals surface area contributed by atoms with Crippen molar-refractivity contribution in [2.45, 2.75) is 31.1 Å². The predicted molar refractivity (Wildman–Crippen MR) is 93.4 cm³/mol. The molecule has 0 amide bonds. The quantitative estimate of drug-likeness (QED) is 0.757. The summed E-state index contributed by atoms with van der Waals surface area (Å²) in [7, 11) is -3.69. The fourth-order valence-corrected chi connectivity index (χ4v) is 4.15. The second-order valence-corrected chi connectivity index (χ2v) is 7.60. The minimum Gasteiger partial charge on any atom is -0.280 e. The van der Waals surface area contributed by atoms with E-state index in [0.717, 1.165) is 18.1 Å². The Labute approximate surface area is 139 Å². The van der Waals surface area contributed by atoms with Crippen LogP contribution in [0.4, 0.5) is 5.69 Å². The number of anilines is 1. The van der Waals surface area contributed by atoms with Crippen LogP contribution < -0.4 is 4.72 Å². The van der Waals surface area contributed by atoms with Crippen LogP contribution >= 0.6 is 11.7 Å². The van der Waals surface area contributed by atoms with Gasteiger partial charge in [-0.15, -0.1) is 0 Å². The van der Waals surface area contributed by atoms with E-state index in [0.29, 0.717) is 22.6 Å². The number of rotatable bonds is 5. The molecular formula is C16H17N3O2S2. The lowest BCUT2D eigenvalue weighted by Gasteiger charge is -2.11. The molecule has 1 heterocycles. The van der Waals surface area contributed by atoms with Crippen LogP contribution in [0.3, 0.4) is 0 Å². The Bertz CT molecular complexity index is 918. The molecule has 0 spiro atoms. The third-order valence-electron chi connectivity index (χ3n) is 3.88. The van der Waals surface area contributed by atoms with Crippen molar-refractivity contribution in [1.29, 1.82) is 0 Å². The van der Waals surface area contributed by atoms with Crippen molar-refractivity contribution in [2.24, 2.45) is 0 Å². The Balaban J connectivity index is 1.91. The number of aromatic nitrogens is 2. The molecule has 0 aliphatic heterocycles. The molecule has 5 nitrogen and oxygen atoms in total. The smallest absolute Gasteiger partial charge is 0.264 e. The van der Waals surface area contributed by atoms with Crippen molar-refractivity contribution in [2.75, 3.05) is 4.72 Å². The highest BCUT2D eigenvalue weighted by Gasteiger charge is 2.19. The first-order valence-electron chi connectivity index (χ1n) is 7.35. The van der Waals surface area contributed by atoms with Crippen LogP contribution in [-0.4, -0.2) is 17.2 Å². The summed E-state index contributed by atoms with van der Waals surface area (Å²) in [6.07, 6.45) is 1.05. The zero-order valence-electron chi connectivity index (χ0n) is 12.9. The van der Waals surface area contributed by atoms with Crippen LogP contribution in [0.2, 0.25) is 0 Å². The molecule has 3 aromatic rings. The minimum atomic E-state index is -3.69. The van der Waals surface area contributed by atoms with Gasteiger partial charge in [-0.1, -0.05) is 32.0 Å². The fraction of sp³-hybridized carbons (Fsp3) is 0.250. The van der Waals surface area contributed by atoms with Crippen LogP contribution in [0.1, 0.15) is 31.7 Å². The van der Waals surface area contributed by atoms with Gasteiger partial charge in [0.2, 0.25) is 0 Å². The molecule has 1 atom stereocenters. The fourth-order valence-electron chi connectivity index (χ4n) is 2.32. The Hall–Kier alpha value is -1.99. The number of sulfonamides is 1. The molecule has 0 aliphatic rings. The van der Waals surface area contributed by atoms with E-state index in [4.69, 9.17) is 0 Å². The molecule has 7 heteroatoms. The zero-order valence-corrected chi connectivity index (χ0v) is 14.5. The topological polar surface area (TPSA) is 72.0 Å². The highest BCUT2D eigenvalue weighted by Crippen LogP contribution is 2.25. The normalized spacial score (nSPS) is 13.1. The summed E-state index contributed by atoms with van der Waals surface area (Å²) in [6, 6.07) is 12.5. The van der Waals surface area contributed by atoms with Crippen molar-refractivity contribution in [3.63, 3.8) is 0 Å². The van der Waals surface area contributed by atoms with Crippen LogP contribution in [0, 0.1) is 0 Å². The van der Waals surface area contributed by atoms with Crippen LogP contribution in [0.5, 0.6) is 0 Å². The highest BCUT2D eigenvalue weighted by molar-refractivity contribution is 7.93. The van der Waals surface area contributed by atoms with E-state index in [9.17, 15) is 8.42 Å². The molecule has 23 heavy (non-hydrogen) atoms. The van der Waals surface area contributed by atoms with Gasteiger partial charge in [0.15, 0.2) is 0 Å². The van der Waals surface area contributed by atoms with Gasteiger partial charge in [0, 0.05) is 5.69 Å². The van der Waals surface area contributed by atoms with Gasteiger partial charge < -0.3 is 0 Å². The first kappa shape index (κ1) is 15.9. The molecule has 1 unspecified atom stereocenters. The molecule has 0 fully saturated rings. The summed E-state index contributed by atoms with van der Waals surface area (Å²) in [5, 5.41) is 0. The van der Waals surface area contributed by atoms with Crippen molar-refractivity contribution in [3.05, 3.63) is 48.0 Å². The van der Waals surface area contributed by atoms with E-state index in [1.54, 1.807) is 30.3 Å². The second-order valence-electron chi connectivity index (χ2n) is 5.42. The van der Waals surface area contributed by atoms with Crippen molar-refractivity contribution < 1.29 is 8.42 Å². The van der Waals surface area contributed by atoms with E-state index in [1.807, 2.05) is 12.1 Å². The maximum absolute atomic E-state index is 12.6. The van der Waals surface area contributed by atoms with Crippen LogP contribution in [0.25, 0.3) is 11.0 Å². The van der Waals surface area contributed by atoms with Crippen molar-refractivity contribution in [3.8, 4) is 0 Å². The summed E-state index contributed by atoms with van der Waals surface area (Å²) in [5.74, 6) is 0.454. The Morgan fingerprint density at radius 1 is 1.13 bits per heavy atom. The molecule has 120 valence electrons. The molecule has 2 aromatic carbocycles. The third kappa shape index (κ3) is 3.20. The van der Waals surface area contributed by atoms with Crippen molar-refractivity contribution in [1.82, 2.24) is 8.75 Å². The monoisotopic (exact) mass is 347 g/mol. The largest absolute Gasteiger partial charge is 0.280 e. The molecule has 1 aromatic heterocycles. The van der Waals surface area contributed by atoms with Gasteiger partial charge in [-0.3, -0.25) is 4.72 Å². The van der Waals surface area contributed by atoms with E-state index in [-0.39, 0.29) is 4.90 Å². The first-order valence-corrected chi connectivity index (χ1v) is 9.56. The van der Waals surface area contributed by atoms with E-state index < -0.39 is 10.0 Å². The second kappa shape index (κ2) is 6.25. The van der Waals surface area contributed by atoms with Gasteiger partial charge in [-0.05, 0) is 42.2 Å². The number of nitrogens with one attached hydrogen (secondary N) is 1. The average molecular weight is 347 g/mol. The summed E-state index contributed by atoms with van der Waals surface area (Å²) in [6.45, 7) is 4.28. The maximum Gasteiger partial charge on any atom is 0.264 e. The van der Waals surface area contributed by atoms with Crippen molar-refractivity contribution >= 4 is 38.5 Å². The molecule has 0 radical (unpaired) electrons. The van der Waals surface area contributed by atoms with E-state index in [2.05, 4.69) is 27.3 Å². The lowest BCUT2D eigenvalue weighted by atomic mass is 9.99. The lowest BCUT2D eigenvalue weighted by molar-refractivity contribution is 0.602. The number of hydrogen-bond donors (Lipinski definition) is 1. The number of hydrogen-bond acceptors (Lipinski definition) is 5.